The number of hydrogen-bond acceptors (Lipinski definition) is 5. The first-order valence-corrected chi connectivity index (χ1v) is 8.07. The molecule has 1 aliphatic carbocycles. The van der Waals surface area contributed by atoms with Crippen LogP contribution in [0.5, 0.6) is 0 Å². The molecule has 3 heterocycles. The predicted molar refractivity (Wildman–Crippen MR) is 74.7 cm³/mol. The van der Waals surface area contributed by atoms with Gasteiger partial charge >= 0.3 is 0 Å². The lowest BCUT2D eigenvalue weighted by Gasteiger charge is -2.24. The third-order valence-corrected chi connectivity index (χ3v) is 5.53. The van der Waals surface area contributed by atoms with Gasteiger partial charge in [0.25, 0.3) is 0 Å². The fraction of sp³-hybridized carbons (Fsp3) is 0.769. The maximum Gasteiger partial charge on any atom is 0.234 e. The molecule has 2 fully saturated rings. The standard InChI is InChI=1S/C13H19N5S/c1-2-5-13(6-7-14-8-13)11-17-18-10(9-3-4-9)15-16-12(18)19-11/h9,14H,2-8H2,1H3. The zero-order valence-corrected chi connectivity index (χ0v) is 12.0. The smallest absolute Gasteiger partial charge is 0.234 e. The molecule has 2 aromatic heterocycles. The Morgan fingerprint density at radius 2 is 2.32 bits per heavy atom. The molecular weight excluding hydrogens is 258 g/mol. The van der Waals surface area contributed by atoms with E-state index in [0.717, 1.165) is 23.9 Å². The van der Waals surface area contributed by atoms with Crippen molar-refractivity contribution in [3.63, 3.8) is 0 Å². The molecule has 1 saturated carbocycles. The minimum absolute atomic E-state index is 0.237. The van der Waals surface area contributed by atoms with Crippen LogP contribution in [0.4, 0.5) is 0 Å². The molecule has 6 heteroatoms. The van der Waals surface area contributed by atoms with Crippen LogP contribution < -0.4 is 5.32 Å². The van der Waals surface area contributed by atoms with Gasteiger partial charge in [0.15, 0.2) is 5.82 Å². The second kappa shape index (κ2) is 4.24. The van der Waals surface area contributed by atoms with Crippen LogP contribution in [-0.4, -0.2) is 32.9 Å². The van der Waals surface area contributed by atoms with Crippen LogP contribution in [-0.2, 0) is 5.41 Å². The van der Waals surface area contributed by atoms with Crippen molar-refractivity contribution in [2.45, 2.75) is 50.4 Å². The van der Waals surface area contributed by atoms with E-state index in [1.807, 2.05) is 4.52 Å². The Morgan fingerprint density at radius 1 is 1.42 bits per heavy atom. The van der Waals surface area contributed by atoms with E-state index in [-0.39, 0.29) is 5.41 Å². The summed E-state index contributed by atoms with van der Waals surface area (Å²) in [6.45, 7) is 4.43. The summed E-state index contributed by atoms with van der Waals surface area (Å²) in [4.78, 5) is 0.972. The summed E-state index contributed by atoms with van der Waals surface area (Å²) in [5.41, 5.74) is 0.237. The molecule has 1 N–H and O–H groups in total. The third kappa shape index (κ3) is 1.80. The highest BCUT2D eigenvalue weighted by molar-refractivity contribution is 7.16. The van der Waals surface area contributed by atoms with Crippen LogP contribution in [0.25, 0.3) is 4.96 Å². The van der Waals surface area contributed by atoms with Crippen molar-refractivity contribution in [2.24, 2.45) is 0 Å². The summed E-state index contributed by atoms with van der Waals surface area (Å²) in [5, 5.41) is 18.2. The van der Waals surface area contributed by atoms with Crippen LogP contribution in [0.15, 0.2) is 0 Å². The topological polar surface area (TPSA) is 55.1 Å². The highest BCUT2D eigenvalue weighted by Crippen LogP contribution is 2.41. The molecule has 0 radical (unpaired) electrons. The van der Waals surface area contributed by atoms with Gasteiger partial charge < -0.3 is 5.32 Å². The van der Waals surface area contributed by atoms with E-state index >= 15 is 0 Å². The van der Waals surface area contributed by atoms with E-state index in [2.05, 4.69) is 22.4 Å². The normalized spacial score (nSPS) is 27.4. The van der Waals surface area contributed by atoms with Crippen LogP contribution >= 0.6 is 11.3 Å². The molecule has 5 nitrogen and oxygen atoms in total. The van der Waals surface area contributed by atoms with E-state index in [9.17, 15) is 0 Å². The second-order valence-corrected chi connectivity index (χ2v) is 6.85. The molecule has 1 atom stereocenters. The van der Waals surface area contributed by atoms with Gasteiger partial charge in [0.05, 0.1) is 0 Å². The van der Waals surface area contributed by atoms with Crippen molar-refractivity contribution in [1.82, 2.24) is 25.1 Å². The summed E-state index contributed by atoms with van der Waals surface area (Å²) < 4.78 is 2.01. The molecule has 2 aromatic rings. The Labute approximate surface area is 116 Å². The van der Waals surface area contributed by atoms with Gasteiger partial charge in [-0.25, -0.2) is 0 Å². The molecule has 0 aromatic carbocycles. The van der Waals surface area contributed by atoms with Gasteiger partial charge in [0, 0.05) is 17.9 Å². The lowest BCUT2D eigenvalue weighted by atomic mass is 9.83. The molecular formula is C13H19N5S. The first-order chi connectivity index (χ1) is 9.32. The molecule has 4 rings (SSSR count). The van der Waals surface area contributed by atoms with E-state index in [1.54, 1.807) is 11.3 Å². The SMILES string of the molecule is CCCC1(c2nn3c(C4CC4)nnc3s2)CCNC1. The van der Waals surface area contributed by atoms with Gasteiger partial charge in [-0.05, 0) is 32.2 Å². The van der Waals surface area contributed by atoms with Gasteiger partial charge in [0.2, 0.25) is 4.96 Å². The minimum atomic E-state index is 0.237. The summed E-state index contributed by atoms with van der Waals surface area (Å²) >= 11 is 1.74. The lowest BCUT2D eigenvalue weighted by Crippen LogP contribution is -2.29. The molecule has 0 bridgehead atoms. The van der Waals surface area contributed by atoms with Crippen molar-refractivity contribution in [2.75, 3.05) is 13.1 Å². The third-order valence-electron chi connectivity index (χ3n) is 4.38. The van der Waals surface area contributed by atoms with Gasteiger partial charge in [0.1, 0.15) is 5.01 Å². The van der Waals surface area contributed by atoms with Crippen molar-refractivity contribution >= 4 is 16.3 Å². The van der Waals surface area contributed by atoms with Crippen molar-refractivity contribution in [1.29, 1.82) is 0 Å². The molecule has 0 amide bonds. The number of fused-ring (bicyclic) bond motifs is 1. The molecule has 1 saturated heterocycles. The Kier molecular flexibility index (Phi) is 2.63. The molecule has 1 unspecified atom stereocenters. The van der Waals surface area contributed by atoms with E-state index in [4.69, 9.17) is 5.10 Å². The molecule has 2 aliphatic rings. The van der Waals surface area contributed by atoms with Gasteiger partial charge in [-0.3, -0.25) is 0 Å². The zero-order chi connectivity index (χ0) is 12.9. The summed E-state index contributed by atoms with van der Waals surface area (Å²) in [5.74, 6) is 1.68. The van der Waals surface area contributed by atoms with E-state index in [0.29, 0.717) is 5.92 Å². The molecule has 0 spiro atoms. The molecule has 102 valence electrons. The summed E-state index contributed by atoms with van der Waals surface area (Å²) in [6, 6.07) is 0. The first kappa shape index (κ1) is 11.8. The van der Waals surface area contributed by atoms with E-state index in [1.165, 1.54) is 37.1 Å². The Hall–Kier alpha value is -1.01. The first-order valence-electron chi connectivity index (χ1n) is 7.26. The van der Waals surface area contributed by atoms with E-state index < -0.39 is 0 Å². The maximum absolute atomic E-state index is 4.88. The van der Waals surface area contributed by atoms with Crippen molar-refractivity contribution in [3.8, 4) is 0 Å². The average molecular weight is 277 g/mol. The Bertz CT molecular complexity index is 591. The summed E-state index contributed by atoms with van der Waals surface area (Å²) in [6.07, 6.45) is 6.11. The number of nitrogens with zero attached hydrogens (tertiary/aromatic N) is 4. The fourth-order valence-electron chi connectivity index (χ4n) is 3.17. The minimum Gasteiger partial charge on any atom is -0.316 e. The zero-order valence-electron chi connectivity index (χ0n) is 11.2. The number of hydrogen-bond donors (Lipinski definition) is 1. The fourth-order valence-corrected chi connectivity index (χ4v) is 4.26. The monoisotopic (exact) mass is 277 g/mol. The van der Waals surface area contributed by atoms with Gasteiger partial charge in [-0.2, -0.15) is 9.61 Å². The average Bonchev–Trinajstić information content (AvgIpc) is 2.85. The van der Waals surface area contributed by atoms with Crippen LogP contribution in [0, 0.1) is 0 Å². The van der Waals surface area contributed by atoms with Gasteiger partial charge in [-0.15, -0.1) is 10.2 Å². The van der Waals surface area contributed by atoms with Crippen LogP contribution in [0.1, 0.15) is 55.8 Å². The second-order valence-electron chi connectivity index (χ2n) is 5.89. The number of nitrogens with one attached hydrogen (secondary N) is 1. The predicted octanol–water partition coefficient (Wildman–Crippen LogP) is 2.09. The summed E-state index contributed by atoms with van der Waals surface area (Å²) in [7, 11) is 0. The number of aromatic nitrogens is 4. The van der Waals surface area contributed by atoms with Gasteiger partial charge in [-0.1, -0.05) is 24.7 Å². The largest absolute Gasteiger partial charge is 0.316 e. The quantitative estimate of drug-likeness (QED) is 0.930. The van der Waals surface area contributed by atoms with Crippen molar-refractivity contribution < 1.29 is 0 Å². The molecule has 19 heavy (non-hydrogen) atoms. The Balaban J connectivity index is 1.77. The highest BCUT2D eigenvalue weighted by Gasteiger charge is 2.39. The van der Waals surface area contributed by atoms with Crippen molar-refractivity contribution in [3.05, 3.63) is 10.8 Å². The molecule has 1 aliphatic heterocycles. The number of rotatable bonds is 4. The van der Waals surface area contributed by atoms with Crippen LogP contribution in [0.3, 0.4) is 0 Å². The highest BCUT2D eigenvalue weighted by atomic mass is 32.1. The Morgan fingerprint density at radius 3 is 3.00 bits per heavy atom. The van der Waals surface area contributed by atoms with Crippen LogP contribution in [0.2, 0.25) is 0 Å². The lowest BCUT2D eigenvalue weighted by molar-refractivity contribution is 0.420. The maximum atomic E-state index is 4.88.